The molecule has 14 heavy (non-hydrogen) atoms. The smallest absolute Gasteiger partial charge is 0.278 e. The summed E-state index contributed by atoms with van der Waals surface area (Å²) < 4.78 is 5.85. The third-order valence-electron chi connectivity index (χ3n) is 1.86. The first kappa shape index (κ1) is 9.57. The molecule has 0 bridgehead atoms. The van der Waals surface area contributed by atoms with E-state index in [-0.39, 0.29) is 0 Å². The van der Waals surface area contributed by atoms with Crippen molar-refractivity contribution in [2.24, 2.45) is 0 Å². The lowest BCUT2D eigenvalue weighted by molar-refractivity contribution is 0.536. The molecule has 0 aromatic carbocycles. The van der Waals surface area contributed by atoms with Crippen LogP contribution in [0.15, 0.2) is 16.5 Å². The van der Waals surface area contributed by atoms with Gasteiger partial charge in [0.25, 0.3) is 3.90 Å². The van der Waals surface area contributed by atoms with Crippen LogP contribution in [-0.4, -0.2) is 15.2 Å². The van der Waals surface area contributed by atoms with Gasteiger partial charge in [-0.1, -0.05) is 0 Å². The predicted octanol–water partition coefficient (Wildman–Crippen LogP) is 2.35. The lowest BCUT2D eigenvalue weighted by Crippen LogP contribution is -1.90. The molecule has 0 fully saturated rings. The van der Waals surface area contributed by atoms with Gasteiger partial charge in [0.05, 0.1) is 11.3 Å². The molecule has 2 heterocycles. The minimum Gasteiger partial charge on any atom is -0.412 e. The molecule has 5 heteroatoms. The fourth-order valence-corrected chi connectivity index (χ4v) is 1.54. The van der Waals surface area contributed by atoms with Crippen molar-refractivity contribution >= 4 is 22.6 Å². The standard InChI is InChI=1S/C9H8IN3O/c1-5-3-4-7(6(2)11-5)8-12-13-9(10)14-8/h3-4H,1-2H3. The third kappa shape index (κ3) is 1.77. The van der Waals surface area contributed by atoms with Gasteiger partial charge >= 0.3 is 0 Å². The van der Waals surface area contributed by atoms with Gasteiger partial charge in [-0.15, -0.1) is 10.2 Å². The first-order valence-electron chi connectivity index (χ1n) is 4.10. The number of halogens is 1. The maximum absolute atomic E-state index is 5.31. The summed E-state index contributed by atoms with van der Waals surface area (Å²) >= 11 is 1.99. The van der Waals surface area contributed by atoms with Crippen molar-refractivity contribution in [1.82, 2.24) is 15.2 Å². The SMILES string of the molecule is Cc1ccc(-c2nnc(I)o2)c(C)n1. The minimum absolute atomic E-state index is 0.527. The summed E-state index contributed by atoms with van der Waals surface area (Å²) in [5.41, 5.74) is 2.79. The third-order valence-corrected chi connectivity index (χ3v) is 2.29. The normalized spacial score (nSPS) is 10.5. The Morgan fingerprint density at radius 3 is 2.57 bits per heavy atom. The van der Waals surface area contributed by atoms with E-state index in [0.717, 1.165) is 17.0 Å². The summed E-state index contributed by atoms with van der Waals surface area (Å²) in [6.45, 7) is 3.88. The Labute approximate surface area is 94.9 Å². The highest BCUT2D eigenvalue weighted by Crippen LogP contribution is 2.21. The van der Waals surface area contributed by atoms with Gasteiger partial charge in [0, 0.05) is 28.3 Å². The van der Waals surface area contributed by atoms with E-state index in [9.17, 15) is 0 Å². The molecule has 0 saturated heterocycles. The molecule has 4 nitrogen and oxygen atoms in total. The van der Waals surface area contributed by atoms with Crippen LogP contribution in [0.4, 0.5) is 0 Å². The second kappa shape index (κ2) is 3.64. The molecule has 0 saturated carbocycles. The summed E-state index contributed by atoms with van der Waals surface area (Å²) in [6.07, 6.45) is 0. The molecule has 0 radical (unpaired) electrons. The Hall–Kier alpha value is -0.980. The summed E-state index contributed by atoms with van der Waals surface area (Å²) in [5, 5.41) is 7.71. The predicted molar refractivity (Wildman–Crippen MR) is 59.7 cm³/mol. The topological polar surface area (TPSA) is 51.8 Å². The van der Waals surface area contributed by atoms with Gasteiger partial charge < -0.3 is 4.42 Å². The zero-order valence-corrected chi connectivity index (χ0v) is 9.94. The maximum atomic E-state index is 5.31. The number of hydrogen-bond acceptors (Lipinski definition) is 4. The molecule has 0 aliphatic heterocycles. The molecule has 0 atom stereocenters. The second-order valence-electron chi connectivity index (χ2n) is 2.95. The van der Waals surface area contributed by atoms with Crippen LogP contribution in [-0.2, 0) is 0 Å². The Balaban J connectivity index is 2.52. The number of nitrogens with zero attached hydrogens (tertiary/aromatic N) is 3. The van der Waals surface area contributed by atoms with Crippen molar-refractivity contribution in [2.45, 2.75) is 13.8 Å². The van der Waals surface area contributed by atoms with E-state index in [1.807, 2.05) is 48.6 Å². The Bertz CT molecular complexity index is 467. The summed E-state index contributed by atoms with van der Waals surface area (Å²) in [6, 6.07) is 3.88. The van der Waals surface area contributed by atoms with Crippen molar-refractivity contribution < 1.29 is 4.42 Å². The van der Waals surface area contributed by atoms with Crippen LogP contribution in [0.3, 0.4) is 0 Å². The fraction of sp³-hybridized carbons (Fsp3) is 0.222. The van der Waals surface area contributed by atoms with Gasteiger partial charge in [0.1, 0.15) is 0 Å². The van der Waals surface area contributed by atoms with E-state index >= 15 is 0 Å². The number of hydrogen-bond donors (Lipinski definition) is 0. The molecule has 0 amide bonds. The van der Waals surface area contributed by atoms with Crippen LogP contribution in [0.5, 0.6) is 0 Å². The van der Waals surface area contributed by atoms with Crippen LogP contribution < -0.4 is 0 Å². The lowest BCUT2D eigenvalue weighted by atomic mass is 10.2. The van der Waals surface area contributed by atoms with Gasteiger partial charge in [-0.25, -0.2) is 0 Å². The van der Waals surface area contributed by atoms with Crippen LogP contribution in [0.25, 0.3) is 11.5 Å². The van der Waals surface area contributed by atoms with E-state index in [1.165, 1.54) is 0 Å². The second-order valence-corrected chi connectivity index (χ2v) is 3.87. The molecule has 2 rings (SSSR count). The van der Waals surface area contributed by atoms with Gasteiger partial charge in [-0.05, 0) is 26.0 Å². The van der Waals surface area contributed by atoms with Crippen LogP contribution in [0.1, 0.15) is 11.4 Å². The molecule has 0 spiro atoms. The highest BCUT2D eigenvalue weighted by Gasteiger charge is 2.09. The van der Waals surface area contributed by atoms with Crippen molar-refractivity contribution in [3.8, 4) is 11.5 Å². The first-order chi connectivity index (χ1) is 6.66. The average Bonchev–Trinajstić information content (AvgIpc) is 2.51. The van der Waals surface area contributed by atoms with Crippen molar-refractivity contribution in [3.05, 3.63) is 27.4 Å². The van der Waals surface area contributed by atoms with Crippen molar-refractivity contribution in [2.75, 3.05) is 0 Å². The Kier molecular flexibility index (Phi) is 2.49. The van der Waals surface area contributed by atoms with Crippen molar-refractivity contribution in [1.29, 1.82) is 0 Å². The van der Waals surface area contributed by atoms with Crippen LogP contribution in [0, 0.1) is 17.7 Å². The van der Waals surface area contributed by atoms with Gasteiger partial charge in [0.15, 0.2) is 0 Å². The average molecular weight is 301 g/mol. The molecule has 0 unspecified atom stereocenters. The molecule has 0 aliphatic rings. The van der Waals surface area contributed by atoms with Crippen molar-refractivity contribution in [3.63, 3.8) is 0 Å². The molecule has 0 aliphatic carbocycles. The quantitative estimate of drug-likeness (QED) is 0.759. The van der Waals surface area contributed by atoms with Gasteiger partial charge in [0.2, 0.25) is 5.89 Å². The monoisotopic (exact) mass is 301 g/mol. The number of pyridine rings is 1. The highest BCUT2D eigenvalue weighted by atomic mass is 127. The summed E-state index contributed by atoms with van der Waals surface area (Å²) in [7, 11) is 0. The number of aryl methyl sites for hydroxylation is 2. The van der Waals surface area contributed by atoms with Crippen LogP contribution >= 0.6 is 22.6 Å². The van der Waals surface area contributed by atoms with Gasteiger partial charge in [-0.2, -0.15) is 0 Å². The summed E-state index contributed by atoms with van der Waals surface area (Å²) in [4.78, 5) is 4.33. The Morgan fingerprint density at radius 2 is 2.00 bits per heavy atom. The maximum Gasteiger partial charge on any atom is 0.278 e. The molecular weight excluding hydrogens is 293 g/mol. The fourth-order valence-electron chi connectivity index (χ4n) is 1.23. The molecule has 2 aromatic heterocycles. The Morgan fingerprint density at radius 1 is 1.21 bits per heavy atom. The van der Waals surface area contributed by atoms with E-state index in [1.54, 1.807) is 0 Å². The molecule has 72 valence electrons. The lowest BCUT2D eigenvalue weighted by Gasteiger charge is -2.00. The molecular formula is C9H8IN3O. The zero-order chi connectivity index (χ0) is 10.1. The van der Waals surface area contributed by atoms with E-state index in [2.05, 4.69) is 15.2 Å². The van der Waals surface area contributed by atoms with Gasteiger partial charge in [-0.3, -0.25) is 4.98 Å². The first-order valence-corrected chi connectivity index (χ1v) is 5.18. The zero-order valence-electron chi connectivity index (χ0n) is 7.78. The molecule has 0 N–H and O–H groups in total. The molecule has 2 aromatic rings. The van der Waals surface area contributed by atoms with E-state index in [0.29, 0.717) is 9.79 Å². The largest absolute Gasteiger partial charge is 0.412 e. The number of rotatable bonds is 1. The number of aromatic nitrogens is 3. The van der Waals surface area contributed by atoms with E-state index in [4.69, 9.17) is 4.42 Å². The highest BCUT2D eigenvalue weighted by molar-refractivity contribution is 14.1. The minimum atomic E-state index is 0.527. The van der Waals surface area contributed by atoms with Crippen LogP contribution in [0.2, 0.25) is 0 Å². The summed E-state index contributed by atoms with van der Waals surface area (Å²) in [5.74, 6) is 0.527. The van der Waals surface area contributed by atoms with E-state index < -0.39 is 0 Å².